The summed E-state index contributed by atoms with van der Waals surface area (Å²) in [7, 11) is 0. The third kappa shape index (κ3) is 3.90. The summed E-state index contributed by atoms with van der Waals surface area (Å²) in [6, 6.07) is 8.78. The van der Waals surface area contributed by atoms with Crippen molar-refractivity contribution < 1.29 is 8.78 Å². The molecule has 1 unspecified atom stereocenters. The number of halogens is 3. The summed E-state index contributed by atoms with van der Waals surface area (Å²) >= 11 is 3.46. The summed E-state index contributed by atoms with van der Waals surface area (Å²) < 4.78 is 29.0. The number of nitrogens with zero attached hydrogens (tertiary/aromatic N) is 3. The van der Waals surface area contributed by atoms with Gasteiger partial charge in [0.25, 0.3) is 5.92 Å². The smallest absolute Gasteiger partial charge is 0.273 e. The Bertz CT molecular complexity index is 869. The van der Waals surface area contributed by atoms with Crippen molar-refractivity contribution in [2.75, 3.05) is 10.2 Å². The number of rotatable bonds is 6. The van der Waals surface area contributed by atoms with Crippen LogP contribution in [0.2, 0.25) is 0 Å². The van der Waals surface area contributed by atoms with Crippen molar-refractivity contribution in [3.05, 3.63) is 58.5 Å². The largest absolute Gasteiger partial charge is 0.354 e. The maximum absolute atomic E-state index is 14.1. The van der Waals surface area contributed by atoms with Crippen molar-refractivity contribution in [1.29, 1.82) is 0 Å². The highest BCUT2D eigenvalue weighted by Gasteiger charge is 2.32. The van der Waals surface area contributed by atoms with Crippen LogP contribution in [0.3, 0.4) is 0 Å². The third-order valence-electron chi connectivity index (χ3n) is 4.69. The van der Waals surface area contributed by atoms with E-state index >= 15 is 0 Å². The summed E-state index contributed by atoms with van der Waals surface area (Å²) in [4.78, 5) is 10.8. The maximum atomic E-state index is 14.1. The minimum absolute atomic E-state index is 0.0195. The second-order valence-electron chi connectivity index (χ2n) is 6.77. The first-order chi connectivity index (χ1) is 13.0. The van der Waals surface area contributed by atoms with Gasteiger partial charge >= 0.3 is 0 Å². The van der Waals surface area contributed by atoms with Gasteiger partial charge in [-0.25, -0.2) is 13.8 Å². The molecule has 0 radical (unpaired) electrons. The second-order valence-corrected chi connectivity index (χ2v) is 7.63. The minimum Gasteiger partial charge on any atom is -0.354 e. The first kappa shape index (κ1) is 18.2. The summed E-state index contributed by atoms with van der Waals surface area (Å²) in [5.41, 5.74) is 0.757. The molecule has 1 fully saturated rings. The number of alkyl halides is 2. The predicted octanol–water partition coefficient (Wildman–Crippen LogP) is 4.85. The van der Waals surface area contributed by atoms with E-state index in [1.54, 1.807) is 24.4 Å². The average Bonchev–Trinajstić information content (AvgIpc) is 3.40. The van der Waals surface area contributed by atoms with E-state index in [1.165, 1.54) is 13.0 Å². The maximum Gasteiger partial charge on any atom is 0.273 e. The second kappa shape index (κ2) is 7.07. The van der Waals surface area contributed by atoms with E-state index in [0.717, 1.165) is 23.0 Å². The first-order valence-corrected chi connectivity index (χ1v) is 9.75. The molecule has 1 saturated carbocycles. The Hall–Kier alpha value is -2.22. The fourth-order valence-electron chi connectivity index (χ4n) is 2.99. The van der Waals surface area contributed by atoms with E-state index in [0.29, 0.717) is 17.8 Å². The molecule has 1 aromatic carbocycles. The number of anilines is 2. The Morgan fingerprint density at radius 2 is 2.15 bits per heavy atom. The topological polar surface area (TPSA) is 53.1 Å². The molecule has 1 atom stereocenters. The summed E-state index contributed by atoms with van der Waals surface area (Å²) in [5.74, 6) is -1.58. The minimum atomic E-state index is -2.85. The summed E-state index contributed by atoms with van der Waals surface area (Å²) in [5, 5.41) is 6.55. The molecule has 5 nitrogen and oxygen atoms in total. The lowest BCUT2D eigenvalue weighted by atomic mass is 10.0. The lowest BCUT2D eigenvalue weighted by Gasteiger charge is -2.26. The van der Waals surface area contributed by atoms with Gasteiger partial charge < -0.3 is 15.5 Å². The van der Waals surface area contributed by atoms with Crippen molar-refractivity contribution in [2.45, 2.75) is 44.3 Å². The van der Waals surface area contributed by atoms with Gasteiger partial charge in [0.2, 0.25) is 5.95 Å². The van der Waals surface area contributed by atoms with Gasteiger partial charge in [-0.3, -0.25) is 0 Å². The molecule has 2 N–H and O–H groups in total. The van der Waals surface area contributed by atoms with Gasteiger partial charge in [0, 0.05) is 30.4 Å². The molecule has 4 rings (SSSR count). The molecular weight excluding hydrogens is 416 g/mol. The van der Waals surface area contributed by atoms with E-state index in [1.807, 2.05) is 17.2 Å². The molecule has 142 valence electrons. The molecule has 1 aliphatic carbocycles. The number of aromatic nitrogens is 2. The number of benzene rings is 1. The summed E-state index contributed by atoms with van der Waals surface area (Å²) in [6.07, 6.45) is 5.25. The molecule has 1 aliphatic heterocycles. The van der Waals surface area contributed by atoms with Gasteiger partial charge in [0.1, 0.15) is 12.0 Å². The van der Waals surface area contributed by atoms with Gasteiger partial charge in [0.05, 0.1) is 4.61 Å². The van der Waals surface area contributed by atoms with Crippen molar-refractivity contribution >= 4 is 27.7 Å². The SMILES string of the molecule is CCC(F)(F)c1cccc(C2NC(Br)=CN2c2ccnc(NC3CC3)n2)c1. The molecular formula is C19H20BrF2N5. The molecule has 8 heteroatoms. The van der Waals surface area contributed by atoms with Gasteiger partial charge in [-0.05, 0) is 46.5 Å². The Kier molecular flexibility index (Phi) is 4.75. The zero-order valence-electron chi connectivity index (χ0n) is 14.8. The van der Waals surface area contributed by atoms with Crippen LogP contribution in [0.5, 0.6) is 0 Å². The quantitative estimate of drug-likeness (QED) is 0.634. The highest BCUT2D eigenvalue weighted by atomic mass is 79.9. The fourth-order valence-corrected chi connectivity index (χ4v) is 3.43. The van der Waals surface area contributed by atoms with Crippen LogP contribution in [0, 0.1) is 0 Å². The van der Waals surface area contributed by atoms with Crippen molar-refractivity contribution in [1.82, 2.24) is 15.3 Å². The van der Waals surface area contributed by atoms with Crippen LogP contribution in [0.4, 0.5) is 20.5 Å². The molecule has 27 heavy (non-hydrogen) atoms. The number of hydrogen-bond acceptors (Lipinski definition) is 5. The van der Waals surface area contributed by atoms with Crippen LogP contribution in [0.15, 0.2) is 47.3 Å². The number of hydrogen-bond donors (Lipinski definition) is 2. The van der Waals surface area contributed by atoms with Crippen molar-refractivity contribution in [3.8, 4) is 0 Å². The predicted molar refractivity (Wildman–Crippen MR) is 105 cm³/mol. The van der Waals surface area contributed by atoms with Crippen LogP contribution in [-0.2, 0) is 5.92 Å². The highest BCUT2D eigenvalue weighted by Crippen LogP contribution is 2.36. The molecule has 0 saturated heterocycles. The Labute approximate surface area is 165 Å². The molecule has 2 aromatic rings. The molecule has 1 aromatic heterocycles. The van der Waals surface area contributed by atoms with Crippen LogP contribution in [0.25, 0.3) is 0 Å². The zero-order chi connectivity index (χ0) is 19.0. The highest BCUT2D eigenvalue weighted by molar-refractivity contribution is 9.11. The van der Waals surface area contributed by atoms with E-state index < -0.39 is 5.92 Å². The lowest BCUT2D eigenvalue weighted by molar-refractivity contribution is -0.00838. The standard InChI is InChI=1S/C19H20BrF2N5/c1-2-19(21,22)13-5-3-4-12(10-13)17-25-15(20)11-27(17)16-8-9-23-18(26-16)24-14-6-7-14/h3-5,8-11,14,17,25H,2,6-7H2,1H3,(H,23,24,26). The van der Waals surface area contributed by atoms with Crippen LogP contribution < -0.4 is 15.5 Å². The van der Waals surface area contributed by atoms with Crippen LogP contribution >= 0.6 is 15.9 Å². The van der Waals surface area contributed by atoms with E-state index in [-0.39, 0.29) is 18.2 Å². The monoisotopic (exact) mass is 435 g/mol. The van der Waals surface area contributed by atoms with Gasteiger partial charge in [-0.2, -0.15) is 4.98 Å². The molecule has 2 aliphatic rings. The van der Waals surface area contributed by atoms with Crippen LogP contribution in [-0.4, -0.2) is 16.0 Å². The molecule has 2 heterocycles. The van der Waals surface area contributed by atoms with Crippen LogP contribution in [0.1, 0.15) is 43.5 Å². The van der Waals surface area contributed by atoms with Crippen molar-refractivity contribution in [2.24, 2.45) is 0 Å². The Morgan fingerprint density at radius 3 is 2.89 bits per heavy atom. The van der Waals surface area contributed by atoms with Crippen molar-refractivity contribution in [3.63, 3.8) is 0 Å². The third-order valence-corrected chi connectivity index (χ3v) is 5.12. The van der Waals surface area contributed by atoms with Gasteiger partial charge in [-0.1, -0.05) is 25.1 Å². The van der Waals surface area contributed by atoms with E-state index in [4.69, 9.17) is 0 Å². The average molecular weight is 436 g/mol. The van der Waals surface area contributed by atoms with Gasteiger partial charge in [-0.15, -0.1) is 0 Å². The van der Waals surface area contributed by atoms with Gasteiger partial charge in [0.15, 0.2) is 0 Å². The number of nitrogens with one attached hydrogen (secondary N) is 2. The molecule has 0 amide bonds. The normalized spacial score (nSPS) is 19.6. The van der Waals surface area contributed by atoms with E-state index in [2.05, 4.69) is 36.5 Å². The summed E-state index contributed by atoms with van der Waals surface area (Å²) in [6.45, 7) is 1.49. The van der Waals surface area contributed by atoms with E-state index in [9.17, 15) is 8.78 Å². The fraction of sp³-hybridized carbons (Fsp3) is 0.368. The molecule has 0 spiro atoms. The lowest BCUT2D eigenvalue weighted by Crippen LogP contribution is -2.28. The molecule has 0 bridgehead atoms. The zero-order valence-corrected chi connectivity index (χ0v) is 16.4. The first-order valence-electron chi connectivity index (χ1n) is 8.96. The Morgan fingerprint density at radius 1 is 1.33 bits per heavy atom. The Balaban J connectivity index is 1.64.